The summed E-state index contributed by atoms with van der Waals surface area (Å²) in [5.74, 6) is -0.151. The van der Waals surface area contributed by atoms with Crippen molar-refractivity contribution in [2.45, 2.75) is 6.92 Å². The molecule has 1 aromatic rings. The standard InChI is InChI=1S/C14H14ClNO4/c1-2-19-13(17)7-16-14(18)10-5-9-6-11(15)3-4-12(9)20-8-10/h3-6H,2,7-8H2,1H3,(H,16,18). The Bertz CT molecular complexity index is 568. The highest BCUT2D eigenvalue weighted by atomic mass is 35.5. The highest BCUT2D eigenvalue weighted by Crippen LogP contribution is 2.28. The fourth-order valence-electron chi connectivity index (χ4n) is 1.76. The monoisotopic (exact) mass is 295 g/mol. The van der Waals surface area contributed by atoms with Crippen molar-refractivity contribution < 1.29 is 19.1 Å². The lowest BCUT2D eigenvalue weighted by molar-refractivity contribution is -0.143. The van der Waals surface area contributed by atoms with Crippen molar-refractivity contribution in [3.05, 3.63) is 34.4 Å². The van der Waals surface area contributed by atoms with E-state index in [4.69, 9.17) is 21.1 Å². The summed E-state index contributed by atoms with van der Waals surface area (Å²) in [5.41, 5.74) is 1.18. The van der Waals surface area contributed by atoms with E-state index in [1.54, 1.807) is 31.2 Å². The van der Waals surface area contributed by atoms with E-state index in [1.165, 1.54) is 0 Å². The second kappa shape index (κ2) is 6.43. The van der Waals surface area contributed by atoms with Gasteiger partial charge >= 0.3 is 5.97 Å². The Labute approximate surface area is 121 Å². The van der Waals surface area contributed by atoms with Crippen molar-refractivity contribution in [2.24, 2.45) is 0 Å². The van der Waals surface area contributed by atoms with Gasteiger partial charge in [0.2, 0.25) is 0 Å². The average Bonchev–Trinajstić information content (AvgIpc) is 2.44. The molecule has 20 heavy (non-hydrogen) atoms. The zero-order valence-corrected chi connectivity index (χ0v) is 11.7. The first-order chi connectivity index (χ1) is 9.60. The molecule has 0 bridgehead atoms. The van der Waals surface area contributed by atoms with Crippen molar-refractivity contribution in [3.63, 3.8) is 0 Å². The number of ether oxygens (including phenoxy) is 2. The summed E-state index contributed by atoms with van der Waals surface area (Å²) in [4.78, 5) is 23.1. The summed E-state index contributed by atoms with van der Waals surface area (Å²) in [6.07, 6.45) is 1.70. The van der Waals surface area contributed by atoms with Gasteiger partial charge in [0, 0.05) is 10.6 Å². The van der Waals surface area contributed by atoms with E-state index in [0.717, 1.165) is 5.56 Å². The van der Waals surface area contributed by atoms with Gasteiger partial charge in [0.1, 0.15) is 18.9 Å². The number of hydrogen-bond donors (Lipinski definition) is 1. The molecule has 6 heteroatoms. The highest BCUT2D eigenvalue weighted by molar-refractivity contribution is 6.30. The smallest absolute Gasteiger partial charge is 0.325 e. The Hall–Kier alpha value is -2.01. The maximum Gasteiger partial charge on any atom is 0.325 e. The number of carbonyl (C=O) groups excluding carboxylic acids is 2. The lowest BCUT2D eigenvalue weighted by Gasteiger charge is -2.17. The Morgan fingerprint density at radius 1 is 1.45 bits per heavy atom. The average molecular weight is 296 g/mol. The lowest BCUT2D eigenvalue weighted by atomic mass is 10.1. The summed E-state index contributed by atoms with van der Waals surface area (Å²) < 4.78 is 10.2. The molecule has 1 aromatic carbocycles. The first-order valence-electron chi connectivity index (χ1n) is 6.17. The van der Waals surface area contributed by atoms with Crippen LogP contribution >= 0.6 is 11.6 Å². The Balaban J connectivity index is 2.03. The van der Waals surface area contributed by atoms with E-state index in [0.29, 0.717) is 16.3 Å². The highest BCUT2D eigenvalue weighted by Gasteiger charge is 2.18. The number of esters is 1. The molecule has 0 aromatic heterocycles. The van der Waals surface area contributed by atoms with Gasteiger partial charge in [-0.2, -0.15) is 0 Å². The largest absolute Gasteiger partial charge is 0.488 e. The SMILES string of the molecule is CCOC(=O)CNC(=O)C1=Cc2cc(Cl)ccc2OC1. The Morgan fingerprint density at radius 3 is 3.00 bits per heavy atom. The number of nitrogens with one attached hydrogen (secondary N) is 1. The van der Waals surface area contributed by atoms with Crippen LogP contribution in [0.2, 0.25) is 5.02 Å². The molecule has 0 atom stereocenters. The number of hydrogen-bond acceptors (Lipinski definition) is 4. The van der Waals surface area contributed by atoms with Crippen LogP contribution in [-0.4, -0.2) is 31.6 Å². The molecule has 0 aliphatic carbocycles. The van der Waals surface area contributed by atoms with Crippen LogP contribution in [0.1, 0.15) is 12.5 Å². The minimum atomic E-state index is -0.471. The lowest BCUT2D eigenvalue weighted by Crippen LogP contribution is -2.33. The van der Waals surface area contributed by atoms with Crippen molar-refractivity contribution in [1.29, 1.82) is 0 Å². The molecule has 0 unspecified atom stereocenters. The fraction of sp³-hybridized carbons (Fsp3) is 0.286. The second-order valence-corrected chi connectivity index (χ2v) is 4.56. The number of amides is 1. The normalized spacial score (nSPS) is 12.8. The van der Waals surface area contributed by atoms with Gasteiger partial charge in [-0.3, -0.25) is 9.59 Å². The van der Waals surface area contributed by atoms with Gasteiger partial charge in [0.15, 0.2) is 0 Å². The Kier molecular flexibility index (Phi) is 4.63. The molecular weight excluding hydrogens is 282 g/mol. The number of benzene rings is 1. The van der Waals surface area contributed by atoms with Crippen LogP contribution in [0.3, 0.4) is 0 Å². The third kappa shape index (κ3) is 3.51. The summed E-state index contributed by atoms with van der Waals surface area (Å²) in [5, 5.41) is 3.05. The second-order valence-electron chi connectivity index (χ2n) is 4.13. The third-order valence-electron chi connectivity index (χ3n) is 2.68. The van der Waals surface area contributed by atoms with E-state index in [-0.39, 0.29) is 25.7 Å². The minimum Gasteiger partial charge on any atom is -0.488 e. The van der Waals surface area contributed by atoms with E-state index >= 15 is 0 Å². The van der Waals surface area contributed by atoms with E-state index < -0.39 is 5.97 Å². The summed E-state index contributed by atoms with van der Waals surface area (Å²) in [6, 6.07) is 5.19. The topological polar surface area (TPSA) is 64.6 Å². The van der Waals surface area contributed by atoms with Crippen LogP contribution in [0.25, 0.3) is 6.08 Å². The van der Waals surface area contributed by atoms with Gasteiger partial charge in [-0.05, 0) is 31.2 Å². The third-order valence-corrected chi connectivity index (χ3v) is 2.91. The molecule has 0 saturated heterocycles. The molecule has 5 nitrogen and oxygen atoms in total. The predicted molar refractivity (Wildman–Crippen MR) is 74.6 cm³/mol. The molecule has 1 N–H and O–H groups in total. The maximum absolute atomic E-state index is 11.9. The van der Waals surface area contributed by atoms with Crippen molar-refractivity contribution >= 4 is 29.6 Å². The van der Waals surface area contributed by atoms with Crippen molar-refractivity contribution in [3.8, 4) is 5.75 Å². The van der Waals surface area contributed by atoms with Crippen LogP contribution in [0.15, 0.2) is 23.8 Å². The quantitative estimate of drug-likeness (QED) is 0.860. The molecule has 0 radical (unpaired) electrons. The molecule has 2 rings (SSSR count). The number of rotatable bonds is 4. The van der Waals surface area contributed by atoms with Crippen LogP contribution in [-0.2, 0) is 14.3 Å². The van der Waals surface area contributed by atoms with Gasteiger partial charge in [-0.25, -0.2) is 0 Å². The molecule has 0 fully saturated rings. The predicted octanol–water partition coefficient (Wildman–Crippen LogP) is 1.80. The fourth-order valence-corrected chi connectivity index (χ4v) is 1.94. The van der Waals surface area contributed by atoms with Crippen molar-refractivity contribution in [1.82, 2.24) is 5.32 Å². The van der Waals surface area contributed by atoms with Crippen LogP contribution in [0.4, 0.5) is 0 Å². The summed E-state index contributed by atoms with van der Waals surface area (Å²) in [6.45, 7) is 1.99. The van der Waals surface area contributed by atoms with Crippen molar-refractivity contribution in [2.75, 3.05) is 19.8 Å². The molecule has 0 saturated carbocycles. The van der Waals surface area contributed by atoms with Gasteiger partial charge in [-0.1, -0.05) is 11.6 Å². The van der Waals surface area contributed by atoms with Gasteiger partial charge in [0.05, 0.1) is 12.2 Å². The molecular formula is C14H14ClNO4. The number of halogens is 1. The zero-order chi connectivity index (χ0) is 14.5. The summed E-state index contributed by atoms with van der Waals surface area (Å²) >= 11 is 5.89. The van der Waals surface area contributed by atoms with Crippen LogP contribution < -0.4 is 10.1 Å². The van der Waals surface area contributed by atoms with E-state index in [1.807, 2.05) is 0 Å². The maximum atomic E-state index is 11.9. The first-order valence-corrected chi connectivity index (χ1v) is 6.54. The van der Waals surface area contributed by atoms with Crippen LogP contribution in [0.5, 0.6) is 5.75 Å². The zero-order valence-electron chi connectivity index (χ0n) is 10.9. The van der Waals surface area contributed by atoms with E-state index in [9.17, 15) is 9.59 Å². The first kappa shape index (κ1) is 14.4. The molecule has 1 aliphatic rings. The van der Waals surface area contributed by atoms with Gasteiger partial charge in [-0.15, -0.1) is 0 Å². The summed E-state index contributed by atoms with van der Waals surface area (Å²) in [7, 11) is 0. The van der Waals surface area contributed by atoms with E-state index in [2.05, 4.69) is 5.32 Å². The minimum absolute atomic E-state index is 0.156. The number of fused-ring (bicyclic) bond motifs is 1. The molecule has 0 spiro atoms. The molecule has 106 valence electrons. The molecule has 1 heterocycles. The van der Waals surface area contributed by atoms with Gasteiger partial charge in [0.25, 0.3) is 5.91 Å². The Morgan fingerprint density at radius 2 is 2.25 bits per heavy atom. The van der Waals surface area contributed by atoms with Crippen LogP contribution in [0, 0.1) is 0 Å². The number of carbonyl (C=O) groups is 2. The molecule has 1 aliphatic heterocycles. The van der Waals surface area contributed by atoms with Gasteiger partial charge < -0.3 is 14.8 Å². The molecule has 1 amide bonds.